The quantitative estimate of drug-likeness (QED) is 0.774. The molecule has 1 aromatic carbocycles. The first-order chi connectivity index (χ1) is 14.0. The van der Waals surface area contributed by atoms with Crippen molar-refractivity contribution in [2.24, 2.45) is 0 Å². The summed E-state index contributed by atoms with van der Waals surface area (Å²) in [5, 5.41) is 13.9. The number of amides is 2. The molecule has 2 N–H and O–H groups in total. The van der Waals surface area contributed by atoms with E-state index in [-0.39, 0.29) is 18.9 Å². The topological polar surface area (TPSA) is 91.8 Å². The summed E-state index contributed by atoms with van der Waals surface area (Å²) in [6, 6.07) is 7.25. The summed E-state index contributed by atoms with van der Waals surface area (Å²) in [6.07, 6.45) is -1.12. The van der Waals surface area contributed by atoms with Crippen LogP contribution < -0.4 is 5.32 Å². The average molecular weight is 432 g/mol. The molecular formula is C22H29N3O4S. The molecule has 0 spiro atoms. The number of ether oxygens (including phenoxy) is 1. The molecule has 2 aromatic rings. The maximum atomic E-state index is 12.7. The van der Waals surface area contributed by atoms with Crippen molar-refractivity contribution in [2.75, 3.05) is 6.54 Å². The van der Waals surface area contributed by atoms with Gasteiger partial charge < -0.3 is 15.2 Å². The molecule has 7 nitrogen and oxygen atoms in total. The lowest BCUT2D eigenvalue weighted by Gasteiger charge is -2.27. The number of nitrogens with zero attached hydrogens (tertiary/aromatic N) is 2. The molecular weight excluding hydrogens is 402 g/mol. The lowest BCUT2D eigenvalue weighted by Crippen LogP contribution is -2.47. The van der Waals surface area contributed by atoms with Gasteiger partial charge in [-0.15, -0.1) is 11.3 Å². The molecule has 0 bridgehead atoms. The van der Waals surface area contributed by atoms with Crippen molar-refractivity contribution in [3.63, 3.8) is 0 Å². The molecule has 1 saturated heterocycles. The zero-order chi connectivity index (χ0) is 22.1. The number of β-amino-alcohol motifs (C(OH)–C–C–N with tert-alkyl or cyclic N) is 1. The first-order valence-corrected chi connectivity index (χ1v) is 10.8. The highest BCUT2D eigenvalue weighted by Gasteiger charge is 2.40. The summed E-state index contributed by atoms with van der Waals surface area (Å²) in [6.45, 7) is 9.73. The molecule has 0 aliphatic carbocycles. The van der Waals surface area contributed by atoms with E-state index in [9.17, 15) is 14.7 Å². The van der Waals surface area contributed by atoms with E-state index in [0.29, 0.717) is 6.54 Å². The highest BCUT2D eigenvalue weighted by Crippen LogP contribution is 2.29. The fourth-order valence-corrected chi connectivity index (χ4v) is 4.39. The molecule has 0 radical (unpaired) electrons. The molecule has 1 unspecified atom stereocenters. The molecule has 2 heterocycles. The van der Waals surface area contributed by atoms with E-state index in [1.807, 2.05) is 38.1 Å². The Morgan fingerprint density at radius 1 is 1.27 bits per heavy atom. The largest absolute Gasteiger partial charge is 0.444 e. The van der Waals surface area contributed by atoms with Crippen molar-refractivity contribution in [2.45, 2.75) is 65.3 Å². The monoisotopic (exact) mass is 431 g/mol. The lowest BCUT2D eigenvalue weighted by atomic mass is 10.1. The minimum atomic E-state index is -0.739. The number of hydrogen-bond acceptors (Lipinski definition) is 6. The van der Waals surface area contributed by atoms with Gasteiger partial charge in [0.25, 0.3) is 0 Å². The lowest BCUT2D eigenvalue weighted by molar-refractivity contribution is -0.125. The predicted molar refractivity (Wildman–Crippen MR) is 116 cm³/mol. The first kappa shape index (κ1) is 22.2. The Morgan fingerprint density at radius 2 is 1.93 bits per heavy atom. The molecule has 30 heavy (non-hydrogen) atoms. The van der Waals surface area contributed by atoms with Crippen LogP contribution in [0.15, 0.2) is 24.3 Å². The van der Waals surface area contributed by atoms with Crippen molar-refractivity contribution >= 4 is 23.3 Å². The van der Waals surface area contributed by atoms with Gasteiger partial charge in [-0.25, -0.2) is 9.78 Å². The summed E-state index contributed by atoms with van der Waals surface area (Å²) in [5.74, 6) is -0.296. The number of thiazole rings is 1. The van der Waals surface area contributed by atoms with E-state index in [1.165, 1.54) is 4.90 Å². The van der Waals surface area contributed by atoms with Crippen LogP contribution in [0.4, 0.5) is 4.79 Å². The molecule has 0 saturated carbocycles. The fraction of sp³-hybridized carbons (Fsp3) is 0.500. The summed E-state index contributed by atoms with van der Waals surface area (Å²) in [4.78, 5) is 32.0. The van der Waals surface area contributed by atoms with Gasteiger partial charge in [0.2, 0.25) is 5.91 Å². The Hall–Kier alpha value is -2.45. The van der Waals surface area contributed by atoms with Crippen LogP contribution in [-0.2, 0) is 16.1 Å². The van der Waals surface area contributed by atoms with E-state index in [4.69, 9.17) is 4.74 Å². The molecule has 1 aromatic heterocycles. The summed E-state index contributed by atoms with van der Waals surface area (Å²) in [7, 11) is 0. The highest BCUT2D eigenvalue weighted by atomic mass is 32.1. The van der Waals surface area contributed by atoms with Crippen molar-refractivity contribution < 1.29 is 19.4 Å². The third kappa shape index (κ3) is 5.37. The van der Waals surface area contributed by atoms with Gasteiger partial charge in [0.15, 0.2) is 0 Å². The molecule has 2 amide bonds. The van der Waals surface area contributed by atoms with Crippen LogP contribution in [-0.4, -0.2) is 51.3 Å². The van der Waals surface area contributed by atoms with Crippen molar-refractivity contribution in [1.82, 2.24) is 15.2 Å². The number of hydrogen-bond donors (Lipinski definition) is 2. The maximum Gasteiger partial charge on any atom is 0.411 e. The van der Waals surface area contributed by atoms with Gasteiger partial charge in [0.1, 0.15) is 11.6 Å². The minimum Gasteiger partial charge on any atom is -0.444 e. The molecule has 1 fully saturated rings. The number of nitrogens with one attached hydrogen (secondary N) is 1. The number of carbonyl (C=O) groups is 2. The van der Waals surface area contributed by atoms with Gasteiger partial charge in [-0.3, -0.25) is 9.69 Å². The second-order valence-electron chi connectivity index (χ2n) is 8.60. The Bertz CT molecular complexity index is 917. The SMILES string of the molecule is Cc1nc(C)c(-c2ccc(CNC(=O)C3C[C@@H](O)CN3C(=O)OC(C)(C)C)cc2)s1. The Balaban J connectivity index is 1.61. The third-order valence-electron chi connectivity index (χ3n) is 4.80. The highest BCUT2D eigenvalue weighted by molar-refractivity contribution is 7.15. The number of aromatic nitrogens is 1. The van der Waals surface area contributed by atoms with Crippen LogP contribution in [0.25, 0.3) is 10.4 Å². The Labute approximate surface area is 181 Å². The van der Waals surface area contributed by atoms with E-state index in [2.05, 4.69) is 10.3 Å². The number of aliphatic hydroxyl groups excluding tert-OH is 1. The first-order valence-electron chi connectivity index (χ1n) is 10.0. The maximum absolute atomic E-state index is 12.7. The Kier molecular flexibility index (Phi) is 6.47. The molecule has 2 atom stereocenters. The van der Waals surface area contributed by atoms with Crippen LogP contribution >= 0.6 is 11.3 Å². The minimum absolute atomic E-state index is 0.0926. The number of rotatable bonds is 4. The van der Waals surface area contributed by atoms with Gasteiger partial charge in [-0.1, -0.05) is 24.3 Å². The summed E-state index contributed by atoms with van der Waals surface area (Å²) >= 11 is 1.66. The van der Waals surface area contributed by atoms with Crippen LogP contribution in [0.2, 0.25) is 0 Å². The third-order valence-corrected chi connectivity index (χ3v) is 5.92. The van der Waals surface area contributed by atoms with Crippen molar-refractivity contribution in [3.05, 3.63) is 40.5 Å². The number of benzene rings is 1. The van der Waals surface area contributed by atoms with Gasteiger partial charge in [-0.05, 0) is 45.7 Å². The van der Waals surface area contributed by atoms with Gasteiger partial charge in [0.05, 0.1) is 28.2 Å². The standard InChI is InChI=1S/C22H29N3O4S/c1-13-19(30-14(2)24-13)16-8-6-15(7-9-16)11-23-20(27)18-10-17(26)12-25(18)21(28)29-22(3,4)5/h6-9,17-18,26H,10-12H2,1-5H3,(H,23,27)/t17-,18?/m1/s1. The Morgan fingerprint density at radius 3 is 2.50 bits per heavy atom. The summed E-state index contributed by atoms with van der Waals surface area (Å²) in [5.41, 5.74) is 2.40. The van der Waals surface area contributed by atoms with Crippen LogP contribution in [0.1, 0.15) is 43.5 Å². The van der Waals surface area contributed by atoms with E-state index < -0.39 is 23.8 Å². The van der Waals surface area contributed by atoms with Gasteiger partial charge >= 0.3 is 6.09 Å². The molecule has 162 valence electrons. The zero-order valence-electron chi connectivity index (χ0n) is 18.1. The normalized spacial score (nSPS) is 19.1. The number of carbonyl (C=O) groups excluding carboxylic acids is 2. The van der Waals surface area contributed by atoms with Crippen LogP contribution in [0.3, 0.4) is 0 Å². The molecule has 1 aliphatic heterocycles. The number of likely N-dealkylation sites (tertiary alicyclic amines) is 1. The molecule has 8 heteroatoms. The average Bonchev–Trinajstić information content (AvgIpc) is 3.20. The van der Waals surface area contributed by atoms with Crippen LogP contribution in [0.5, 0.6) is 0 Å². The van der Waals surface area contributed by atoms with E-state index >= 15 is 0 Å². The van der Waals surface area contributed by atoms with Crippen LogP contribution in [0, 0.1) is 13.8 Å². The number of aryl methyl sites for hydroxylation is 2. The van der Waals surface area contributed by atoms with Gasteiger partial charge in [0, 0.05) is 13.0 Å². The predicted octanol–water partition coefficient (Wildman–Crippen LogP) is 3.41. The number of aliphatic hydroxyl groups is 1. The van der Waals surface area contributed by atoms with E-state index in [1.54, 1.807) is 32.1 Å². The molecule has 3 rings (SSSR count). The second kappa shape index (κ2) is 8.73. The smallest absolute Gasteiger partial charge is 0.411 e. The van der Waals surface area contributed by atoms with Gasteiger partial charge in [-0.2, -0.15) is 0 Å². The zero-order valence-corrected chi connectivity index (χ0v) is 18.9. The second-order valence-corrected chi connectivity index (χ2v) is 9.80. The van der Waals surface area contributed by atoms with Crippen molar-refractivity contribution in [1.29, 1.82) is 0 Å². The molecule has 1 aliphatic rings. The van der Waals surface area contributed by atoms with Crippen molar-refractivity contribution in [3.8, 4) is 10.4 Å². The summed E-state index contributed by atoms with van der Waals surface area (Å²) < 4.78 is 5.37. The fourth-order valence-electron chi connectivity index (χ4n) is 3.46. The van der Waals surface area contributed by atoms with E-state index in [0.717, 1.165) is 26.7 Å².